The fraction of sp³-hybridized carbons (Fsp3) is 0.450. The lowest BCUT2D eigenvalue weighted by Crippen LogP contribution is -2.39. The predicted octanol–water partition coefficient (Wildman–Crippen LogP) is 3.86. The number of hydrogen-bond acceptors (Lipinski definition) is 4. The Morgan fingerprint density at radius 1 is 1.26 bits per heavy atom. The summed E-state index contributed by atoms with van der Waals surface area (Å²) in [5.74, 6) is 0.649. The highest BCUT2D eigenvalue weighted by Gasteiger charge is 2.33. The van der Waals surface area contributed by atoms with E-state index in [2.05, 4.69) is 26.7 Å². The summed E-state index contributed by atoms with van der Waals surface area (Å²) in [6.07, 6.45) is -2.07. The van der Waals surface area contributed by atoms with E-state index in [0.717, 1.165) is 35.4 Å². The number of fused-ring (bicyclic) bond motifs is 1. The number of aromatic nitrogens is 1. The number of rotatable bonds is 7. The molecule has 0 atom stereocenters. The molecule has 6 nitrogen and oxygen atoms in total. The van der Waals surface area contributed by atoms with E-state index in [1.807, 2.05) is 23.1 Å². The summed E-state index contributed by atoms with van der Waals surface area (Å²) in [6, 6.07) is 7.95. The first kappa shape index (κ1) is 25.4. The van der Waals surface area contributed by atoms with Crippen molar-refractivity contribution in [1.29, 1.82) is 0 Å². The number of halogens is 4. The van der Waals surface area contributed by atoms with Gasteiger partial charge in [-0.15, -0.1) is 35.3 Å². The molecule has 3 rings (SSSR count). The van der Waals surface area contributed by atoms with Crippen molar-refractivity contribution in [3.05, 3.63) is 45.9 Å². The minimum atomic E-state index is -4.41. The van der Waals surface area contributed by atoms with Gasteiger partial charge in [-0.3, -0.25) is 9.79 Å². The zero-order valence-corrected chi connectivity index (χ0v) is 20.2. The zero-order valence-electron chi connectivity index (χ0n) is 17.0. The lowest BCUT2D eigenvalue weighted by molar-refractivity contribution is -0.140. The second-order valence-corrected chi connectivity index (χ2v) is 7.77. The van der Waals surface area contributed by atoms with Crippen LogP contribution in [0.3, 0.4) is 0 Å². The monoisotopic (exact) mass is 567 g/mol. The van der Waals surface area contributed by atoms with E-state index in [-0.39, 0.29) is 29.9 Å². The van der Waals surface area contributed by atoms with E-state index < -0.39 is 11.9 Å². The first-order valence-electron chi connectivity index (χ1n) is 9.73. The third-order valence-electron chi connectivity index (χ3n) is 4.75. The highest BCUT2D eigenvalue weighted by molar-refractivity contribution is 14.0. The smallest absolute Gasteiger partial charge is 0.356 e. The first-order valence-corrected chi connectivity index (χ1v) is 10.6. The third-order valence-corrected chi connectivity index (χ3v) is 5.65. The molecule has 1 aromatic carbocycles. The van der Waals surface area contributed by atoms with Crippen LogP contribution in [0.5, 0.6) is 0 Å². The molecule has 0 unspecified atom stereocenters. The molecular weight excluding hydrogens is 542 g/mol. The minimum Gasteiger partial charge on any atom is -0.356 e. The number of amides is 1. The average molecular weight is 567 g/mol. The van der Waals surface area contributed by atoms with Crippen LogP contribution in [0.25, 0.3) is 0 Å². The molecule has 0 aliphatic carbocycles. The van der Waals surface area contributed by atoms with Crippen molar-refractivity contribution in [3.8, 4) is 0 Å². The lowest BCUT2D eigenvalue weighted by atomic mass is 10.2. The first-order chi connectivity index (χ1) is 14.4. The van der Waals surface area contributed by atoms with Crippen molar-refractivity contribution >= 4 is 52.9 Å². The maximum absolute atomic E-state index is 12.6. The molecule has 2 heterocycles. The van der Waals surface area contributed by atoms with E-state index in [9.17, 15) is 18.0 Å². The summed E-state index contributed by atoms with van der Waals surface area (Å²) < 4.78 is 37.7. The number of benzene rings is 1. The van der Waals surface area contributed by atoms with Crippen LogP contribution < -0.4 is 15.5 Å². The van der Waals surface area contributed by atoms with Crippen molar-refractivity contribution in [2.75, 3.05) is 31.6 Å². The molecule has 0 bridgehead atoms. The summed E-state index contributed by atoms with van der Waals surface area (Å²) in [7, 11) is 1.62. The van der Waals surface area contributed by atoms with Gasteiger partial charge < -0.3 is 15.5 Å². The number of thiazole rings is 1. The van der Waals surface area contributed by atoms with E-state index in [1.165, 1.54) is 5.56 Å². The van der Waals surface area contributed by atoms with Gasteiger partial charge in [0, 0.05) is 50.6 Å². The summed E-state index contributed by atoms with van der Waals surface area (Å²) in [6.45, 7) is 1.70. The van der Waals surface area contributed by atoms with Crippen molar-refractivity contribution in [3.63, 3.8) is 0 Å². The molecule has 1 amide bonds. The Labute approximate surface area is 200 Å². The SMILES string of the molecule is CN=C(NCCCC(=O)N1CCc2ccccc21)NCCc1nc(C(F)(F)F)cs1.I. The van der Waals surface area contributed by atoms with E-state index in [0.29, 0.717) is 43.3 Å². The van der Waals surface area contributed by atoms with Gasteiger partial charge in [0.25, 0.3) is 0 Å². The second kappa shape index (κ2) is 11.7. The fourth-order valence-corrected chi connectivity index (χ4v) is 4.05. The van der Waals surface area contributed by atoms with Gasteiger partial charge >= 0.3 is 6.18 Å². The minimum absolute atomic E-state index is 0. The van der Waals surface area contributed by atoms with Gasteiger partial charge in [0.2, 0.25) is 5.91 Å². The van der Waals surface area contributed by atoms with Crippen molar-refractivity contribution < 1.29 is 18.0 Å². The summed E-state index contributed by atoms with van der Waals surface area (Å²) in [4.78, 5) is 22.0. The molecule has 0 saturated carbocycles. The van der Waals surface area contributed by atoms with Gasteiger partial charge in [-0.2, -0.15) is 13.2 Å². The molecule has 11 heteroatoms. The van der Waals surface area contributed by atoms with E-state index >= 15 is 0 Å². The van der Waals surface area contributed by atoms with Crippen LogP contribution in [0.15, 0.2) is 34.6 Å². The number of hydrogen-bond donors (Lipinski definition) is 2. The van der Waals surface area contributed by atoms with Crippen LogP contribution >= 0.6 is 35.3 Å². The fourth-order valence-electron chi connectivity index (χ4n) is 3.24. The summed E-state index contributed by atoms with van der Waals surface area (Å²) >= 11 is 0.994. The third kappa shape index (κ3) is 7.06. The molecule has 1 aromatic heterocycles. The molecule has 0 spiro atoms. The maximum Gasteiger partial charge on any atom is 0.434 e. The number of nitrogens with one attached hydrogen (secondary N) is 2. The topological polar surface area (TPSA) is 69.6 Å². The Balaban J connectivity index is 0.00000341. The molecule has 170 valence electrons. The highest BCUT2D eigenvalue weighted by Crippen LogP contribution is 2.30. The number of aliphatic imine (C=N–C) groups is 1. The Morgan fingerprint density at radius 3 is 2.71 bits per heavy atom. The molecule has 0 radical (unpaired) electrons. The quantitative estimate of drug-likeness (QED) is 0.231. The van der Waals surface area contributed by atoms with Crippen LogP contribution in [-0.2, 0) is 23.8 Å². The summed E-state index contributed by atoms with van der Waals surface area (Å²) in [5.41, 5.74) is 1.36. The molecular formula is C20H25F3IN5OS. The molecule has 2 aromatic rings. The Morgan fingerprint density at radius 2 is 2.00 bits per heavy atom. The zero-order chi connectivity index (χ0) is 21.6. The number of alkyl halides is 3. The van der Waals surface area contributed by atoms with Crippen molar-refractivity contribution in [1.82, 2.24) is 15.6 Å². The van der Waals surface area contributed by atoms with Crippen LogP contribution in [0.1, 0.15) is 29.1 Å². The van der Waals surface area contributed by atoms with Gasteiger partial charge in [-0.05, 0) is 24.5 Å². The van der Waals surface area contributed by atoms with Crippen LogP contribution in [0.4, 0.5) is 18.9 Å². The van der Waals surface area contributed by atoms with E-state index in [4.69, 9.17) is 0 Å². The average Bonchev–Trinajstić information content (AvgIpc) is 3.36. The summed E-state index contributed by atoms with van der Waals surface area (Å²) in [5, 5.41) is 7.62. The largest absolute Gasteiger partial charge is 0.434 e. The molecule has 0 fully saturated rings. The molecule has 1 aliphatic rings. The molecule has 31 heavy (non-hydrogen) atoms. The van der Waals surface area contributed by atoms with Crippen LogP contribution in [0, 0.1) is 0 Å². The standard InChI is InChI=1S/C20H24F3N5OS.HI/c1-24-19(26-11-8-17-27-16(13-30-17)20(21,22)23)25-10-4-7-18(29)28-12-9-14-5-2-3-6-15(14)28;/h2-3,5-6,13H,4,7-12H2,1H3,(H2,24,25,26);1H. The van der Waals surface area contributed by atoms with Crippen molar-refractivity contribution in [2.45, 2.75) is 31.9 Å². The number of carbonyl (C=O) groups excluding carboxylic acids is 1. The highest BCUT2D eigenvalue weighted by atomic mass is 127. The van der Waals surface area contributed by atoms with Crippen LogP contribution in [0.2, 0.25) is 0 Å². The van der Waals surface area contributed by atoms with Gasteiger partial charge in [-0.25, -0.2) is 4.98 Å². The number of carbonyl (C=O) groups is 1. The van der Waals surface area contributed by atoms with Gasteiger partial charge in [0.05, 0.1) is 5.01 Å². The maximum atomic E-state index is 12.6. The number of para-hydroxylation sites is 1. The lowest BCUT2D eigenvalue weighted by Gasteiger charge is -2.17. The molecule has 0 saturated heterocycles. The Kier molecular flexibility index (Phi) is 9.54. The molecule has 1 aliphatic heterocycles. The Hall–Kier alpha value is -1.89. The van der Waals surface area contributed by atoms with E-state index in [1.54, 1.807) is 7.05 Å². The normalized spacial score (nSPS) is 13.5. The van der Waals surface area contributed by atoms with Gasteiger partial charge in [0.15, 0.2) is 11.7 Å². The predicted molar refractivity (Wildman–Crippen MR) is 127 cm³/mol. The number of nitrogens with zero attached hydrogens (tertiary/aromatic N) is 3. The number of guanidine groups is 1. The van der Waals surface area contributed by atoms with Crippen molar-refractivity contribution in [2.24, 2.45) is 4.99 Å². The van der Waals surface area contributed by atoms with Crippen LogP contribution in [-0.4, -0.2) is 43.5 Å². The Bertz CT molecular complexity index is 903. The second-order valence-electron chi connectivity index (χ2n) is 6.83. The molecule has 2 N–H and O–H groups in total. The number of anilines is 1. The van der Waals surface area contributed by atoms with Gasteiger partial charge in [0.1, 0.15) is 0 Å². The van der Waals surface area contributed by atoms with Gasteiger partial charge in [-0.1, -0.05) is 18.2 Å².